The van der Waals surface area contributed by atoms with E-state index in [0.717, 1.165) is 18.4 Å². The molecular weight excluding hydrogens is 377 g/mol. The molecule has 0 spiro atoms. The standard InChI is InChI=1S/C19H19F3N2O4/c20-19(21,22)16-7-12(18(25)26)3-4-14(16)17-15(11-1-2-11)9-24(23-17)8-13-10-27-5-6-28-13/h3-4,7,9,11,13H,1-2,5-6,8,10H2,(H,25,26)/t13-/m0/s1. The number of hydrogen-bond donors (Lipinski definition) is 1. The molecule has 1 atom stereocenters. The highest BCUT2D eigenvalue weighted by Crippen LogP contribution is 2.46. The van der Waals surface area contributed by atoms with E-state index in [4.69, 9.17) is 14.6 Å². The third-order valence-electron chi connectivity index (χ3n) is 4.91. The van der Waals surface area contributed by atoms with Crippen LogP contribution in [0.2, 0.25) is 0 Å². The van der Waals surface area contributed by atoms with Gasteiger partial charge in [0.15, 0.2) is 0 Å². The molecule has 28 heavy (non-hydrogen) atoms. The predicted octanol–water partition coefficient (Wildman–Crippen LogP) is 3.56. The lowest BCUT2D eigenvalue weighted by atomic mass is 9.97. The topological polar surface area (TPSA) is 73.6 Å². The first-order chi connectivity index (χ1) is 13.3. The zero-order valence-corrected chi connectivity index (χ0v) is 14.9. The van der Waals surface area contributed by atoms with Crippen molar-refractivity contribution in [3.8, 4) is 11.3 Å². The number of benzene rings is 1. The van der Waals surface area contributed by atoms with E-state index >= 15 is 0 Å². The second-order valence-corrected chi connectivity index (χ2v) is 7.06. The number of nitrogens with zero attached hydrogens (tertiary/aromatic N) is 2. The van der Waals surface area contributed by atoms with Crippen molar-refractivity contribution in [2.75, 3.05) is 19.8 Å². The van der Waals surface area contributed by atoms with Crippen LogP contribution in [-0.4, -0.2) is 46.8 Å². The molecule has 1 N–H and O–H groups in total. The van der Waals surface area contributed by atoms with E-state index in [-0.39, 0.29) is 23.3 Å². The molecule has 6 nitrogen and oxygen atoms in total. The molecule has 1 aromatic carbocycles. The first kappa shape index (κ1) is 18.9. The molecule has 1 aromatic heterocycles. The Balaban J connectivity index is 1.74. The zero-order valence-electron chi connectivity index (χ0n) is 14.9. The van der Waals surface area contributed by atoms with E-state index in [1.807, 2.05) is 0 Å². The molecule has 0 amide bonds. The molecule has 2 aliphatic rings. The normalized spacial score (nSPS) is 20.3. The molecule has 1 saturated heterocycles. The lowest BCUT2D eigenvalue weighted by molar-refractivity contribution is -0.137. The van der Waals surface area contributed by atoms with Gasteiger partial charge in [0.05, 0.1) is 43.2 Å². The summed E-state index contributed by atoms with van der Waals surface area (Å²) in [5.41, 5.74) is -0.485. The van der Waals surface area contributed by atoms with Crippen molar-refractivity contribution in [2.45, 2.75) is 37.6 Å². The van der Waals surface area contributed by atoms with Crippen LogP contribution < -0.4 is 0 Å². The molecule has 2 fully saturated rings. The minimum atomic E-state index is -4.69. The predicted molar refractivity (Wildman–Crippen MR) is 92.2 cm³/mol. The number of carboxylic acids is 1. The fourth-order valence-corrected chi connectivity index (χ4v) is 3.40. The Labute approximate surface area is 158 Å². The van der Waals surface area contributed by atoms with Crippen molar-refractivity contribution in [3.05, 3.63) is 41.1 Å². The Morgan fingerprint density at radius 1 is 1.29 bits per heavy atom. The smallest absolute Gasteiger partial charge is 0.417 e. The van der Waals surface area contributed by atoms with Crippen LogP contribution in [-0.2, 0) is 22.2 Å². The molecular formula is C19H19F3N2O4. The van der Waals surface area contributed by atoms with Crippen molar-refractivity contribution in [1.82, 2.24) is 9.78 Å². The number of carbonyl (C=O) groups is 1. The van der Waals surface area contributed by atoms with E-state index in [0.29, 0.717) is 32.4 Å². The highest BCUT2D eigenvalue weighted by atomic mass is 19.4. The van der Waals surface area contributed by atoms with Gasteiger partial charge in [-0.1, -0.05) is 6.07 Å². The Morgan fingerprint density at radius 2 is 2.07 bits per heavy atom. The first-order valence-corrected chi connectivity index (χ1v) is 9.04. The van der Waals surface area contributed by atoms with Crippen LogP contribution in [0.5, 0.6) is 0 Å². The molecule has 1 aliphatic carbocycles. The minimum absolute atomic E-state index is 0.0982. The van der Waals surface area contributed by atoms with Gasteiger partial charge in [0.2, 0.25) is 0 Å². The van der Waals surface area contributed by atoms with E-state index in [9.17, 15) is 18.0 Å². The van der Waals surface area contributed by atoms with Crippen molar-refractivity contribution in [1.29, 1.82) is 0 Å². The summed E-state index contributed by atoms with van der Waals surface area (Å²) in [5.74, 6) is -1.23. The van der Waals surface area contributed by atoms with Gasteiger partial charge in [0, 0.05) is 17.3 Å². The number of aromatic nitrogens is 2. The Kier molecular flexibility index (Phi) is 4.88. The fraction of sp³-hybridized carbons (Fsp3) is 0.474. The average Bonchev–Trinajstić information content (AvgIpc) is 3.42. The van der Waals surface area contributed by atoms with Crippen LogP contribution in [0.4, 0.5) is 13.2 Å². The summed E-state index contributed by atoms with van der Waals surface area (Å²) < 4.78 is 53.5. The third-order valence-corrected chi connectivity index (χ3v) is 4.91. The first-order valence-electron chi connectivity index (χ1n) is 9.04. The number of alkyl halides is 3. The van der Waals surface area contributed by atoms with Crippen LogP contribution in [0.1, 0.15) is 40.2 Å². The van der Waals surface area contributed by atoms with Gasteiger partial charge in [-0.15, -0.1) is 0 Å². The van der Waals surface area contributed by atoms with Crippen molar-refractivity contribution in [2.24, 2.45) is 0 Å². The lowest BCUT2D eigenvalue weighted by Crippen LogP contribution is -2.32. The van der Waals surface area contributed by atoms with Gasteiger partial charge in [0.1, 0.15) is 6.10 Å². The minimum Gasteiger partial charge on any atom is -0.478 e. The van der Waals surface area contributed by atoms with Crippen LogP contribution in [0.15, 0.2) is 24.4 Å². The highest BCUT2D eigenvalue weighted by molar-refractivity contribution is 5.89. The van der Waals surface area contributed by atoms with Gasteiger partial charge in [-0.3, -0.25) is 4.68 Å². The van der Waals surface area contributed by atoms with Crippen molar-refractivity contribution < 1.29 is 32.5 Å². The van der Waals surface area contributed by atoms with Gasteiger partial charge in [-0.25, -0.2) is 4.79 Å². The molecule has 4 rings (SSSR count). The summed E-state index contributed by atoms with van der Waals surface area (Å²) >= 11 is 0. The molecule has 0 unspecified atom stereocenters. The Hall–Kier alpha value is -2.39. The summed E-state index contributed by atoms with van der Waals surface area (Å²) in [4.78, 5) is 11.1. The second kappa shape index (κ2) is 7.21. The second-order valence-electron chi connectivity index (χ2n) is 7.06. The van der Waals surface area contributed by atoms with E-state index in [1.165, 1.54) is 12.1 Å². The van der Waals surface area contributed by atoms with Crippen LogP contribution in [0.25, 0.3) is 11.3 Å². The molecule has 1 aliphatic heterocycles. The number of halogens is 3. The highest BCUT2D eigenvalue weighted by Gasteiger charge is 2.37. The molecule has 150 valence electrons. The SMILES string of the molecule is O=C(O)c1ccc(-c2nn(C[C@H]3COCCO3)cc2C2CC2)c(C(F)(F)F)c1. The molecule has 2 aromatic rings. The molecule has 9 heteroatoms. The van der Waals surface area contributed by atoms with Gasteiger partial charge in [-0.05, 0) is 30.9 Å². The maximum atomic E-state index is 13.6. The summed E-state index contributed by atoms with van der Waals surface area (Å²) in [5, 5.41) is 13.5. The summed E-state index contributed by atoms with van der Waals surface area (Å²) in [7, 11) is 0. The van der Waals surface area contributed by atoms with Gasteiger partial charge in [-0.2, -0.15) is 18.3 Å². The number of hydrogen-bond acceptors (Lipinski definition) is 4. The van der Waals surface area contributed by atoms with E-state index in [2.05, 4.69) is 5.10 Å². The van der Waals surface area contributed by atoms with Gasteiger partial charge in [0.25, 0.3) is 0 Å². The Bertz CT molecular complexity index is 884. The largest absolute Gasteiger partial charge is 0.478 e. The van der Waals surface area contributed by atoms with Crippen LogP contribution in [0.3, 0.4) is 0 Å². The summed E-state index contributed by atoms with van der Waals surface area (Å²) in [6, 6.07) is 3.05. The number of rotatable bonds is 5. The monoisotopic (exact) mass is 396 g/mol. The third kappa shape index (κ3) is 3.90. The number of aromatic carboxylic acids is 1. The quantitative estimate of drug-likeness (QED) is 0.837. The van der Waals surface area contributed by atoms with Crippen molar-refractivity contribution >= 4 is 5.97 Å². The van der Waals surface area contributed by atoms with Gasteiger partial charge >= 0.3 is 12.1 Å². The maximum absolute atomic E-state index is 13.6. The summed E-state index contributed by atoms with van der Waals surface area (Å²) in [6.07, 6.45) is -1.32. The number of ether oxygens (including phenoxy) is 2. The van der Waals surface area contributed by atoms with E-state index in [1.54, 1.807) is 10.9 Å². The maximum Gasteiger partial charge on any atom is 0.417 e. The summed E-state index contributed by atoms with van der Waals surface area (Å²) in [6.45, 7) is 1.80. The van der Waals surface area contributed by atoms with E-state index < -0.39 is 23.3 Å². The zero-order chi connectivity index (χ0) is 19.9. The lowest BCUT2D eigenvalue weighted by Gasteiger charge is -2.22. The molecule has 1 saturated carbocycles. The van der Waals surface area contributed by atoms with Gasteiger partial charge < -0.3 is 14.6 Å². The van der Waals surface area contributed by atoms with Crippen LogP contribution in [0, 0.1) is 0 Å². The fourth-order valence-electron chi connectivity index (χ4n) is 3.40. The van der Waals surface area contributed by atoms with Crippen molar-refractivity contribution in [3.63, 3.8) is 0 Å². The number of carboxylic acid groups (broad SMARTS) is 1. The molecule has 0 bridgehead atoms. The Morgan fingerprint density at radius 3 is 2.68 bits per heavy atom. The molecule has 2 heterocycles. The molecule has 0 radical (unpaired) electrons. The van der Waals surface area contributed by atoms with Crippen LogP contribution >= 0.6 is 0 Å². The average molecular weight is 396 g/mol.